The molecule has 1 fully saturated rings. The van der Waals surface area contributed by atoms with Crippen LogP contribution in [0.4, 0.5) is 5.82 Å². The second kappa shape index (κ2) is 9.03. The van der Waals surface area contributed by atoms with Crippen molar-refractivity contribution in [1.82, 2.24) is 15.1 Å². The molecule has 3 N–H and O–H groups in total. The molecule has 1 atom stereocenters. The number of aromatic nitrogens is 2. The van der Waals surface area contributed by atoms with Crippen LogP contribution in [0.15, 0.2) is 59.9 Å². The number of anilines is 1. The van der Waals surface area contributed by atoms with Gasteiger partial charge in [0, 0.05) is 12.1 Å². The molecule has 3 aromatic rings. The number of hydrogen-bond acceptors (Lipinski definition) is 6. The number of carbonyl (C=O) groups is 1. The Morgan fingerprint density at radius 1 is 1.03 bits per heavy atom. The van der Waals surface area contributed by atoms with Gasteiger partial charge in [-0.25, -0.2) is 9.69 Å². The zero-order valence-corrected chi connectivity index (χ0v) is 18.2. The lowest BCUT2D eigenvalue weighted by Crippen LogP contribution is -2.39. The van der Waals surface area contributed by atoms with Crippen molar-refractivity contribution in [3.05, 3.63) is 65.1 Å². The zero-order chi connectivity index (χ0) is 22.8. The number of rotatable bonds is 6. The standard InChI is InChI=1S/C24H26N6O3/c25-23(31)21-22(17-6-8-19(9-7-17)33-18-4-2-1-3-5-18)27-30-20(16-10-13-26-14-11-16)12-15-29(28-32)24(21)30/h1-9,16,20,26H,10-15H2,(H2,25,31)/t20-/m0/s1. The van der Waals surface area contributed by atoms with Crippen LogP contribution in [-0.2, 0) is 0 Å². The Hall–Kier alpha value is -3.72. The summed E-state index contributed by atoms with van der Waals surface area (Å²) in [6.45, 7) is 2.34. The van der Waals surface area contributed by atoms with E-state index in [2.05, 4.69) is 10.6 Å². The molecule has 2 aliphatic heterocycles. The molecule has 0 unspecified atom stereocenters. The fraction of sp³-hybridized carbons (Fsp3) is 0.333. The summed E-state index contributed by atoms with van der Waals surface area (Å²) in [4.78, 5) is 24.1. The van der Waals surface area contributed by atoms with Crippen molar-refractivity contribution >= 4 is 11.7 Å². The van der Waals surface area contributed by atoms with Crippen LogP contribution in [0.3, 0.4) is 0 Å². The van der Waals surface area contributed by atoms with E-state index in [4.69, 9.17) is 15.6 Å². The lowest BCUT2D eigenvalue weighted by molar-refractivity contribution is 0.100. The molecule has 5 rings (SSSR count). The third-order valence-corrected chi connectivity index (χ3v) is 6.46. The van der Waals surface area contributed by atoms with Gasteiger partial charge in [-0.1, -0.05) is 18.2 Å². The average Bonchev–Trinajstić information content (AvgIpc) is 3.26. The van der Waals surface area contributed by atoms with E-state index in [-0.39, 0.29) is 11.6 Å². The fourth-order valence-corrected chi connectivity index (χ4v) is 4.87. The van der Waals surface area contributed by atoms with E-state index in [0.29, 0.717) is 29.7 Å². The molecule has 1 amide bonds. The number of benzene rings is 2. The van der Waals surface area contributed by atoms with Gasteiger partial charge in [-0.3, -0.25) is 4.79 Å². The Labute approximate surface area is 191 Å². The molecule has 170 valence electrons. The van der Waals surface area contributed by atoms with Crippen LogP contribution < -0.4 is 20.8 Å². The number of ether oxygens (including phenoxy) is 1. The first-order chi connectivity index (χ1) is 16.2. The molecule has 0 radical (unpaired) electrons. The number of nitroso groups, excluding NO2 is 1. The summed E-state index contributed by atoms with van der Waals surface area (Å²) in [6, 6.07) is 16.9. The van der Waals surface area contributed by atoms with Crippen molar-refractivity contribution in [2.75, 3.05) is 24.6 Å². The van der Waals surface area contributed by atoms with Crippen molar-refractivity contribution in [3.63, 3.8) is 0 Å². The van der Waals surface area contributed by atoms with E-state index >= 15 is 0 Å². The van der Waals surface area contributed by atoms with Crippen LogP contribution >= 0.6 is 0 Å². The van der Waals surface area contributed by atoms with E-state index in [1.807, 2.05) is 59.3 Å². The first-order valence-corrected chi connectivity index (χ1v) is 11.2. The minimum absolute atomic E-state index is 0.0904. The van der Waals surface area contributed by atoms with Crippen LogP contribution in [0.2, 0.25) is 0 Å². The Kier molecular flexibility index (Phi) is 5.78. The Morgan fingerprint density at radius 2 is 1.73 bits per heavy atom. The summed E-state index contributed by atoms with van der Waals surface area (Å²) in [7, 11) is 0. The minimum Gasteiger partial charge on any atom is -0.457 e. The van der Waals surface area contributed by atoms with Crippen LogP contribution in [0.25, 0.3) is 11.3 Å². The molecule has 9 nitrogen and oxygen atoms in total. The number of piperidine rings is 1. The van der Waals surface area contributed by atoms with E-state index in [1.54, 1.807) is 0 Å². The van der Waals surface area contributed by atoms with Gasteiger partial charge in [0.05, 0.1) is 11.3 Å². The molecule has 3 heterocycles. The molecule has 33 heavy (non-hydrogen) atoms. The van der Waals surface area contributed by atoms with Gasteiger partial charge in [-0.15, -0.1) is 4.91 Å². The molecule has 0 spiro atoms. The first-order valence-electron chi connectivity index (χ1n) is 11.2. The first kappa shape index (κ1) is 21.1. The van der Waals surface area contributed by atoms with Crippen molar-refractivity contribution in [2.24, 2.45) is 16.9 Å². The zero-order valence-electron chi connectivity index (χ0n) is 18.2. The van der Waals surface area contributed by atoms with Crippen molar-refractivity contribution in [2.45, 2.75) is 25.3 Å². The van der Waals surface area contributed by atoms with E-state index in [9.17, 15) is 9.70 Å². The molecule has 0 saturated carbocycles. The molecule has 1 saturated heterocycles. The Bertz CT molecular complexity index is 1140. The molecular weight excluding hydrogens is 420 g/mol. The maximum Gasteiger partial charge on any atom is 0.254 e. The number of nitrogens with one attached hydrogen (secondary N) is 1. The van der Waals surface area contributed by atoms with Crippen molar-refractivity contribution in [3.8, 4) is 22.8 Å². The summed E-state index contributed by atoms with van der Waals surface area (Å²) >= 11 is 0. The molecule has 2 aliphatic rings. The van der Waals surface area contributed by atoms with Gasteiger partial charge >= 0.3 is 0 Å². The van der Waals surface area contributed by atoms with Gasteiger partial charge in [-0.05, 0) is 74.7 Å². The Morgan fingerprint density at radius 3 is 2.39 bits per heavy atom. The summed E-state index contributed by atoms with van der Waals surface area (Å²) in [6.07, 6.45) is 2.78. The van der Waals surface area contributed by atoms with Gasteiger partial charge < -0.3 is 15.8 Å². The third-order valence-electron chi connectivity index (χ3n) is 6.46. The van der Waals surface area contributed by atoms with Gasteiger partial charge in [0.1, 0.15) is 22.8 Å². The maximum atomic E-state index is 12.5. The number of hydrogen-bond donors (Lipinski definition) is 2. The molecule has 0 aliphatic carbocycles. The molecule has 0 bridgehead atoms. The Balaban J connectivity index is 1.53. The quantitative estimate of drug-likeness (QED) is 0.556. The highest BCUT2D eigenvalue weighted by Crippen LogP contribution is 2.42. The van der Waals surface area contributed by atoms with Crippen LogP contribution in [0, 0.1) is 10.8 Å². The highest BCUT2D eigenvalue weighted by Gasteiger charge is 2.38. The lowest BCUT2D eigenvalue weighted by atomic mass is 9.87. The summed E-state index contributed by atoms with van der Waals surface area (Å²) in [5.74, 6) is 1.58. The van der Waals surface area contributed by atoms with Gasteiger partial charge in [0.2, 0.25) is 0 Å². The van der Waals surface area contributed by atoms with E-state index in [0.717, 1.165) is 43.7 Å². The fourth-order valence-electron chi connectivity index (χ4n) is 4.87. The number of primary amides is 1. The number of carbonyl (C=O) groups excluding carboxylic acids is 1. The van der Waals surface area contributed by atoms with Gasteiger partial charge in [-0.2, -0.15) is 5.10 Å². The number of fused-ring (bicyclic) bond motifs is 1. The highest BCUT2D eigenvalue weighted by atomic mass is 16.5. The van der Waals surface area contributed by atoms with Gasteiger partial charge in [0.25, 0.3) is 5.91 Å². The molecule has 2 aromatic carbocycles. The summed E-state index contributed by atoms with van der Waals surface area (Å²) < 4.78 is 7.68. The van der Waals surface area contributed by atoms with Crippen LogP contribution in [-0.4, -0.2) is 35.3 Å². The number of amides is 1. The monoisotopic (exact) mass is 446 g/mol. The van der Waals surface area contributed by atoms with Crippen LogP contribution in [0.1, 0.15) is 35.7 Å². The smallest absolute Gasteiger partial charge is 0.254 e. The van der Waals surface area contributed by atoms with Gasteiger partial charge in [0.15, 0.2) is 5.82 Å². The normalized spacial score (nSPS) is 18.5. The second-order valence-electron chi connectivity index (χ2n) is 8.44. The highest BCUT2D eigenvalue weighted by molar-refractivity contribution is 6.04. The largest absolute Gasteiger partial charge is 0.457 e. The van der Waals surface area contributed by atoms with E-state index < -0.39 is 5.91 Å². The topological polar surface area (TPSA) is 115 Å². The summed E-state index contributed by atoms with van der Waals surface area (Å²) in [5, 5.41) is 12.7. The maximum absolute atomic E-state index is 12.5. The second-order valence-corrected chi connectivity index (χ2v) is 8.44. The molecule has 1 aromatic heterocycles. The third kappa shape index (κ3) is 4.07. The minimum atomic E-state index is -0.629. The van der Waals surface area contributed by atoms with Crippen molar-refractivity contribution in [1.29, 1.82) is 0 Å². The van der Waals surface area contributed by atoms with Crippen LogP contribution in [0.5, 0.6) is 11.5 Å². The molecule has 9 heteroatoms. The molecular formula is C24H26N6O3. The van der Waals surface area contributed by atoms with Crippen molar-refractivity contribution < 1.29 is 9.53 Å². The predicted molar refractivity (Wildman–Crippen MR) is 125 cm³/mol. The number of nitrogens with two attached hydrogens (primary N) is 1. The number of nitrogens with zero attached hydrogens (tertiary/aromatic N) is 4. The number of para-hydroxylation sites is 1. The lowest BCUT2D eigenvalue weighted by Gasteiger charge is -2.36. The SMILES string of the molecule is NC(=O)c1c(-c2ccc(Oc3ccccc3)cc2)nn2c1N(N=O)CC[C@H]2C1CCNCC1. The average molecular weight is 447 g/mol. The summed E-state index contributed by atoms with van der Waals surface area (Å²) in [5.41, 5.74) is 7.20. The predicted octanol–water partition coefficient (Wildman–Crippen LogP) is 3.87. The van der Waals surface area contributed by atoms with E-state index in [1.165, 1.54) is 5.01 Å².